The van der Waals surface area contributed by atoms with Gasteiger partial charge in [-0.15, -0.1) is 0 Å². The second-order valence-electron chi connectivity index (χ2n) is 6.71. The van der Waals surface area contributed by atoms with Crippen molar-refractivity contribution in [2.24, 2.45) is 0 Å². The van der Waals surface area contributed by atoms with Gasteiger partial charge in [0, 0.05) is 30.7 Å². The molecule has 0 aromatic heterocycles. The van der Waals surface area contributed by atoms with Gasteiger partial charge in [0.2, 0.25) is 0 Å². The summed E-state index contributed by atoms with van der Waals surface area (Å²) in [5.74, 6) is 0.0492. The van der Waals surface area contributed by atoms with Crippen LogP contribution in [0.15, 0.2) is 123 Å². The van der Waals surface area contributed by atoms with Crippen molar-refractivity contribution in [1.82, 2.24) is 0 Å². The molecule has 0 aliphatic heterocycles. The number of hydrogen-bond acceptors (Lipinski definition) is 3. The summed E-state index contributed by atoms with van der Waals surface area (Å²) < 4.78 is 0. The molecule has 0 N–H and O–H groups in total. The molecular weight excluding hydrogens is 392 g/mol. The summed E-state index contributed by atoms with van der Waals surface area (Å²) in [6.45, 7) is 2.09. The lowest BCUT2D eigenvalue weighted by Gasteiger charge is -2.06. The third kappa shape index (κ3) is 5.20. The predicted octanol–water partition coefficient (Wildman–Crippen LogP) is 7.53. The molecule has 142 valence electrons. The van der Waals surface area contributed by atoms with Gasteiger partial charge in [-0.05, 0) is 79.7 Å². The van der Waals surface area contributed by atoms with Crippen LogP contribution in [0.25, 0.3) is 0 Å². The van der Waals surface area contributed by atoms with Gasteiger partial charge in [-0.1, -0.05) is 59.4 Å². The highest BCUT2D eigenvalue weighted by atomic mass is 32.2. The number of ketones is 1. The Morgan fingerprint density at radius 1 is 0.517 bits per heavy atom. The number of rotatable bonds is 6. The van der Waals surface area contributed by atoms with Gasteiger partial charge in [0.1, 0.15) is 0 Å². The fourth-order valence-electron chi connectivity index (χ4n) is 2.88. The number of aryl methyl sites for hydroxylation is 1. The molecule has 0 amide bonds. The molecule has 0 saturated heterocycles. The van der Waals surface area contributed by atoms with E-state index >= 15 is 0 Å². The monoisotopic (exact) mass is 412 g/mol. The lowest BCUT2D eigenvalue weighted by Crippen LogP contribution is -2.00. The van der Waals surface area contributed by atoms with Crippen molar-refractivity contribution in [3.63, 3.8) is 0 Å². The Balaban J connectivity index is 1.43. The van der Waals surface area contributed by atoms with Gasteiger partial charge < -0.3 is 0 Å². The van der Waals surface area contributed by atoms with E-state index in [1.807, 2.05) is 66.7 Å². The summed E-state index contributed by atoms with van der Waals surface area (Å²) in [7, 11) is 0. The van der Waals surface area contributed by atoms with Crippen LogP contribution in [0.2, 0.25) is 0 Å². The fourth-order valence-corrected chi connectivity index (χ4v) is 4.54. The maximum atomic E-state index is 12.8. The van der Waals surface area contributed by atoms with Crippen molar-refractivity contribution in [3.05, 3.63) is 120 Å². The first-order valence-electron chi connectivity index (χ1n) is 9.40. The Kier molecular flexibility index (Phi) is 6.18. The molecule has 0 unspecified atom stereocenters. The molecule has 0 aliphatic rings. The van der Waals surface area contributed by atoms with E-state index in [0.29, 0.717) is 11.1 Å². The Bertz CT molecular complexity index is 1080. The van der Waals surface area contributed by atoms with Crippen molar-refractivity contribution >= 4 is 29.3 Å². The van der Waals surface area contributed by atoms with Gasteiger partial charge in [-0.2, -0.15) is 0 Å². The molecule has 0 atom stereocenters. The average molecular weight is 413 g/mol. The molecular formula is C26H20OS2. The van der Waals surface area contributed by atoms with Crippen LogP contribution in [0, 0.1) is 6.92 Å². The van der Waals surface area contributed by atoms with Crippen LogP contribution in [0.3, 0.4) is 0 Å². The topological polar surface area (TPSA) is 17.1 Å². The summed E-state index contributed by atoms with van der Waals surface area (Å²) in [6.07, 6.45) is 0. The number of benzene rings is 4. The second-order valence-corrected chi connectivity index (χ2v) is 9.00. The average Bonchev–Trinajstić information content (AvgIpc) is 2.77. The Labute approximate surface area is 180 Å². The third-order valence-corrected chi connectivity index (χ3v) is 6.50. The van der Waals surface area contributed by atoms with Gasteiger partial charge in [0.25, 0.3) is 0 Å². The highest BCUT2D eigenvalue weighted by Gasteiger charge is 2.09. The van der Waals surface area contributed by atoms with Crippen LogP contribution in [0.5, 0.6) is 0 Å². The van der Waals surface area contributed by atoms with Gasteiger partial charge in [-0.3, -0.25) is 4.79 Å². The lowest BCUT2D eigenvalue weighted by atomic mass is 10.0. The smallest absolute Gasteiger partial charge is 0.193 e. The normalized spacial score (nSPS) is 10.7. The first-order valence-corrected chi connectivity index (χ1v) is 11.0. The van der Waals surface area contributed by atoms with E-state index < -0.39 is 0 Å². The second kappa shape index (κ2) is 9.17. The third-order valence-electron chi connectivity index (χ3n) is 4.47. The van der Waals surface area contributed by atoms with Crippen molar-refractivity contribution in [2.75, 3.05) is 0 Å². The highest BCUT2D eigenvalue weighted by molar-refractivity contribution is 7.99. The van der Waals surface area contributed by atoms with E-state index in [1.54, 1.807) is 23.5 Å². The SMILES string of the molecule is Cc1ccc(Sc2ccc(C(=O)c3ccc(Sc4ccccc4)cc3)cc2)cc1. The summed E-state index contributed by atoms with van der Waals surface area (Å²) >= 11 is 3.39. The Morgan fingerprint density at radius 2 is 0.897 bits per heavy atom. The van der Waals surface area contributed by atoms with E-state index in [1.165, 1.54) is 15.4 Å². The van der Waals surface area contributed by atoms with Crippen molar-refractivity contribution in [3.8, 4) is 0 Å². The van der Waals surface area contributed by atoms with Crippen molar-refractivity contribution in [1.29, 1.82) is 0 Å². The molecule has 0 spiro atoms. The van der Waals surface area contributed by atoms with Gasteiger partial charge in [0.05, 0.1) is 0 Å². The number of carbonyl (C=O) groups excluding carboxylic acids is 1. The van der Waals surface area contributed by atoms with E-state index in [9.17, 15) is 4.79 Å². The fraction of sp³-hybridized carbons (Fsp3) is 0.0385. The molecule has 4 aromatic carbocycles. The minimum atomic E-state index is 0.0492. The van der Waals surface area contributed by atoms with Crippen LogP contribution >= 0.6 is 23.5 Å². The zero-order valence-electron chi connectivity index (χ0n) is 16.0. The van der Waals surface area contributed by atoms with E-state index in [0.717, 1.165) is 9.79 Å². The summed E-state index contributed by atoms with van der Waals surface area (Å²) in [5.41, 5.74) is 2.67. The predicted molar refractivity (Wildman–Crippen MR) is 122 cm³/mol. The number of carbonyl (C=O) groups is 1. The summed E-state index contributed by atoms with van der Waals surface area (Å²) in [4.78, 5) is 17.4. The first kappa shape index (κ1) is 19.6. The molecule has 3 heteroatoms. The zero-order chi connectivity index (χ0) is 20.1. The van der Waals surface area contributed by atoms with E-state index in [-0.39, 0.29) is 5.78 Å². The zero-order valence-corrected chi connectivity index (χ0v) is 17.7. The largest absolute Gasteiger partial charge is 0.289 e. The molecule has 29 heavy (non-hydrogen) atoms. The molecule has 0 saturated carbocycles. The van der Waals surface area contributed by atoms with Crippen LogP contribution in [-0.2, 0) is 0 Å². The Morgan fingerprint density at radius 3 is 1.34 bits per heavy atom. The van der Waals surface area contributed by atoms with Gasteiger partial charge >= 0.3 is 0 Å². The highest BCUT2D eigenvalue weighted by Crippen LogP contribution is 2.29. The maximum Gasteiger partial charge on any atom is 0.193 e. The van der Waals surface area contributed by atoms with Crippen molar-refractivity contribution < 1.29 is 4.79 Å². The Hall–Kier alpha value is -2.75. The molecule has 0 aliphatic carbocycles. The molecule has 1 nitrogen and oxygen atoms in total. The van der Waals surface area contributed by atoms with Crippen LogP contribution in [-0.4, -0.2) is 5.78 Å². The van der Waals surface area contributed by atoms with Gasteiger partial charge in [-0.25, -0.2) is 0 Å². The number of hydrogen-bond donors (Lipinski definition) is 0. The van der Waals surface area contributed by atoms with E-state index in [2.05, 4.69) is 43.3 Å². The van der Waals surface area contributed by atoms with Crippen molar-refractivity contribution in [2.45, 2.75) is 26.5 Å². The molecule has 0 fully saturated rings. The minimum Gasteiger partial charge on any atom is -0.289 e. The lowest BCUT2D eigenvalue weighted by molar-refractivity contribution is 0.103. The molecule has 0 radical (unpaired) electrons. The molecule has 4 rings (SSSR count). The van der Waals surface area contributed by atoms with E-state index in [4.69, 9.17) is 0 Å². The quantitative estimate of drug-likeness (QED) is 0.305. The standard InChI is InChI=1S/C26H20OS2/c1-19-7-13-23(14-8-19)29-25-17-11-21(12-18-25)26(27)20-9-15-24(16-10-20)28-22-5-3-2-4-6-22/h2-18H,1H3. The van der Waals surface area contributed by atoms with Gasteiger partial charge in [0.15, 0.2) is 5.78 Å². The summed E-state index contributed by atoms with van der Waals surface area (Å²) in [6, 6.07) is 34.4. The summed E-state index contributed by atoms with van der Waals surface area (Å²) in [5, 5.41) is 0. The molecule has 0 heterocycles. The van der Waals surface area contributed by atoms with Crippen LogP contribution in [0.4, 0.5) is 0 Å². The van der Waals surface area contributed by atoms with Crippen LogP contribution < -0.4 is 0 Å². The minimum absolute atomic E-state index is 0.0492. The molecule has 0 bridgehead atoms. The molecule has 4 aromatic rings. The van der Waals surface area contributed by atoms with Crippen LogP contribution in [0.1, 0.15) is 21.5 Å². The maximum absolute atomic E-state index is 12.8. The first-order chi connectivity index (χ1) is 14.2.